The lowest BCUT2D eigenvalue weighted by molar-refractivity contribution is -0.151. The van der Waals surface area contributed by atoms with E-state index < -0.39 is 17.5 Å². The monoisotopic (exact) mass is 435 g/mol. The van der Waals surface area contributed by atoms with Crippen LogP contribution in [0.2, 0.25) is 0 Å². The van der Waals surface area contributed by atoms with Crippen molar-refractivity contribution in [1.82, 2.24) is 5.32 Å². The molecular formula is C27H33NO4. The molecule has 1 fully saturated rings. The van der Waals surface area contributed by atoms with Crippen molar-refractivity contribution >= 4 is 12.1 Å². The van der Waals surface area contributed by atoms with Crippen molar-refractivity contribution in [2.24, 2.45) is 16.7 Å². The highest BCUT2D eigenvalue weighted by Crippen LogP contribution is 2.46. The van der Waals surface area contributed by atoms with Crippen molar-refractivity contribution in [1.29, 1.82) is 0 Å². The lowest BCUT2D eigenvalue weighted by atomic mass is 9.64. The minimum absolute atomic E-state index is 0.0104. The van der Waals surface area contributed by atoms with Crippen molar-refractivity contribution in [3.8, 4) is 11.1 Å². The van der Waals surface area contributed by atoms with Gasteiger partial charge in [-0.2, -0.15) is 0 Å². The number of hydrogen-bond donors (Lipinski definition) is 2. The highest BCUT2D eigenvalue weighted by molar-refractivity contribution is 5.79. The van der Waals surface area contributed by atoms with Gasteiger partial charge in [0.25, 0.3) is 0 Å². The zero-order chi connectivity index (χ0) is 22.9. The molecule has 2 aromatic rings. The quantitative estimate of drug-likeness (QED) is 0.619. The Labute approximate surface area is 190 Å². The van der Waals surface area contributed by atoms with Crippen LogP contribution >= 0.6 is 0 Å². The van der Waals surface area contributed by atoms with Gasteiger partial charge < -0.3 is 15.2 Å². The van der Waals surface area contributed by atoms with Gasteiger partial charge in [-0.3, -0.25) is 4.79 Å². The Morgan fingerprint density at radius 1 is 1.00 bits per heavy atom. The average Bonchev–Trinajstić information content (AvgIpc) is 3.09. The summed E-state index contributed by atoms with van der Waals surface area (Å²) in [4.78, 5) is 24.6. The van der Waals surface area contributed by atoms with Gasteiger partial charge in [0, 0.05) is 12.5 Å². The minimum atomic E-state index is -0.909. The maximum absolute atomic E-state index is 12.5. The normalized spacial score (nSPS) is 22.7. The minimum Gasteiger partial charge on any atom is -0.481 e. The summed E-state index contributed by atoms with van der Waals surface area (Å²) < 4.78 is 5.59. The summed E-state index contributed by atoms with van der Waals surface area (Å²) in [6.45, 7) is 6.96. The zero-order valence-corrected chi connectivity index (χ0v) is 19.2. The van der Waals surface area contributed by atoms with Crippen LogP contribution in [0.1, 0.15) is 63.5 Å². The molecule has 1 saturated carbocycles. The average molecular weight is 436 g/mol. The SMILES string of the molecule is CC(C)(C)C1CCC(CNC(=O)OCC2c3ccccc3-c3ccccc32)(C(=O)O)CC1. The fourth-order valence-electron chi connectivity index (χ4n) is 5.39. The molecule has 4 rings (SSSR count). The smallest absolute Gasteiger partial charge is 0.407 e. The van der Waals surface area contributed by atoms with Crippen molar-refractivity contribution in [3.05, 3.63) is 59.7 Å². The standard InChI is InChI=1S/C27H33NO4/c1-26(2,3)18-12-14-27(15-13-18,24(29)30)17-28-25(31)32-16-23-21-10-6-4-8-19(21)20-9-5-7-11-22(20)23/h4-11,18,23H,12-17H2,1-3H3,(H,28,31)(H,29,30). The van der Waals surface area contributed by atoms with E-state index in [2.05, 4.69) is 50.4 Å². The zero-order valence-electron chi connectivity index (χ0n) is 19.2. The van der Waals surface area contributed by atoms with Gasteiger partial charge in [-0.15, -0.1) is 0 Å². The van der Waals surface area contributed by atoms with Crippen LogP contribution in [0, 0.1) is 16.7 Å². The second-order valence-electron chi connectivity index (χ2n) is 10.4. The number of carboxylic acid groups (broad SMARTS) is 1. The van der Waals surface area contributed by atoms with Gasteiger partial charge in [0.15, 0.2) is 0 Å². The maximum Gasteiger partial charge on any atom is 0.407 e. The van der Waals surface area contributed by atoms with E-state index in [-0.39, 0.29) is 24.5 Å². The number of carbonyl (C=O) groups excluding carboxylic acids is 1. The van der Waals surface area contributed by atoms with Gasteiger partial charge in [-0.25, -0.2) is 4.79 Å². The van der Waals surface area contributed by atoms with E-state index in [0.717, 1.165) is 24.0 Å². The lowest BCUT2D eigenvalue weighted by Gasteiger charge is -2.41. The van der Waals surface area contributed by atoms with Crippen LogP contribution in [0.25, 0.3) is 11.1 Å². The third-order valence-corrected chi connectivity index (χ3v) is 7.54. The molecule has 0 aliphatic heterocycles. The third kappa shape index (κ3) is 4.25. The molecule has 2 aliphatic rings. The molecule has 5 heteroatoms. The number of amides is 1. The van der Waals surface area contributed by atoms with Crippen molar-refractivity contribution in [2.45, 2.75) is 52.4 Å². The van der Waals surface area contributed by atoms with Gasteiger partial charge in [-0.05, 0) is 59.3 Å². The van der Waals surface area contributed by atoms with Gasteiger partial charge in [0.05, 0.1) is 5.41 Å². The molecule has 0 saturated heterocycles. The fraction of sp³-hybridized carbons (Fsp3) is 0.481. The summed E-state index contributed by atoms with van der Waals surface area (Å²) in [5, 5.41) is 12.7. The molecule has 32 heavy (non-hydrogen) atoms. The number of aliphatic carboxylic acids is 1. The molecule has 0 radical (unpaired) electrons. The molecule has 0 bridgehead atoms. The first-order valence-corrected chi connectivity index (χ1v) is 11.5. The number of fused-ring (bicyclic) bond motifs is 3. The molecule has 0 heterocycles. The lowest BCUT2D eigenvalue weighted by Crippen LogP contribution is -2.46. The first kappa shape index (κ1) is 22.4. The van der Waals surface area contributed by atoms with Gasteiger partial charge in [0.1, 0.15) is 6.61 Å². The number of carbonyl (C=O) groups is 2. The highest BCUT2D eigenvalue weighted by atomic mass is 16.5. The Balaban J connectivity index is 1.37. The fourth-order valence-corrected chi connectivity index (χ4v) is 5.39. The molecule has 2 N–H and O–H groups in total. The molecular weight excluding hydrogens is 402 g/mol. The van der Waals surface area contributed by atoms with Crippen LogP contribution in [-0.4, -0.2) is 30.3 Å². The van der Waals surface area contributed by atoms with E-state index in [0.29, 0.717) is 18.8 Å². The Kier molecular flexibility index (Phi) is 6.02. The summed E-state index contributed by atoms with van der Waals surface area (Å²) in [7, 11) is 0. The van der Waals surface area contributed by atoms with E-state index in [1.807, 2.05) is 24.3 Å². The predicted octanol–water partition coefficient (Wildman–Crippen LogP) is 5.83. The number of alkyl carbamates (subject to hydrolysis) is 1. The van der Waals surface area contributed by atoms with Crippen molar-refractivity contribution in [3.63, 3.8) is 0 Å². The molecule has 2 aromatic carbocycles. The summed E-state index contributed by atoms with van der Waals surface area (Å²) in [5.41, 5.74) is 3.93. The molecule has 0 atom stereocenters. The Morgan fingerprint density at radius 2 is 1.53 bits per heavy atom. The second-order valence-corrected chi connectivity index (χ2v) is 10.4. The maximum atomic E-state index is 12.5. The number of hydrogen-bond acceptors (Lipinski definition) is 3. The molecule has 0 unspecified atom stereocenters. The van der Waals surface area contributed by atoms with E-state index in [4.69, 9.17) is 4.74 Å². The molecule has 170 valence electrons. The largest absolute Gasteiger partial charge is 0.481 e. The van der Waals surface area contributed by atoms with Crippen LogP contribution < -0.4 is 5.32 Å². The van der Waals surface area contributed by atoms with Gasteiger partial charge in [0.2, 0.25) is 0 Å². The highest BCUT2D eigenvalue weighted by Gasteiger charge is 2.44. The van der Waals surface area contributed by atoms with Crippen LogP contribution in [-0.2, 0) is 9.53 Å². The molecule has 2 aliphatic carbocycles. The molecule has 5 nitrogen and oxygen atoms in total. The second kappa shape index (κ2) is 8.61. The van der Waals surface area contributed by atoms with Crippen molar-refractivity contribution in [2.75, 3.05) is 13.2 Å². The Morgan fingerprint density at radius 3 is 2.03 bits per heavy atom. The van der Waals surface area contributed by atoms with E-state index >= 15 is 0 Å². The summed E-state index contributed by atoms with van der Waals surface area (Å²) in [6, 6.07) is 16.4. The number of ether oxygens (including phenoxy) is 1. The predicted molar refractivity (Wildman–Crippen MR) is 125 cm³/mol. The van der Waals surface area contributed by atoms with E-state index in [1.165, 1.54) is 11.1 Å². The summed E-state index contributed by atoms with van der Waals surface area (Å²) in [5.74, 6) is -0.336. The Bertz CT molecular complexity index is 953. The van der Waals surface area contributed by atoms with Gasteiger partial charge in [-0.1, -0.05) is 69.3 Å². The first-order chi connectivity index (χ1) is 15.2. The number of benzene rings is 2. The van der Waals surface area contributed by atoms with E-state index in [1.54, 1.807) is 0 Å². The van der Waals surface area contributed by atoms with Crippen LogP contribution in [0.15, 0.2) is 48.5 Å². The molecule has 0 aromatic heterocycles. The van der Waals surface area contributed by atoms with Crippen LogP contribution in [0.5, 0.6) is 0 Å². The molecule has 1 amide bonds. The number of rotatable bonds is 5. The van der Waals surface area contributed by atoms with Crippen molar-refractivity contribution < 1.29 is 19.4 Å². The van der Waals surface area contributed by atoms with E-state index in [9.17, 15) is 14.7 Å². The van der Waals surface area contributed by atoms with Crippen LogP contribution in [0.4, 0.5) is 4.79 Å². The summed E-state index contributed by atoms with van der Waals surface area (Å²) in [6.07, 6.45) is 2.33. The van der Waals surface area contributed by atoms with Crippen LogP contribution in [0.3, 0.4) is 0 Å². The first-order valence-electron chi connectivity index (χ1n) is 11.5. The number of carboxylic acids is 1. The molecule has 0 spiro atoms. The third-order valence-electron chi connectivity index (χ3n) is 7.54. The Hall–Kier alpha value is -2.82. The summed E-state index contributed by atoms with van der Waals surface area (Å²) >= 11 is 0. The van der Waals surface area contributed by atoms with Gasteiger partial charge >= 0.3 is 12.1 Å². The topological polar surface area (TPSA) is 75.6 Å². The number of nitrogens with one attached hydrogen (secondary N) is 1.